The molecule has 0 bridgehead atoms. The SMILES string of the molecule is CCC(C)C(C)NCCCCC(C)C. The maximum Gasteiger partial charge on any atom is 0.00642 e. The third-order valence-corrected chi connectivity index (χ3v) is 3.17. The van der Waals surface area contributed by atoms with Crippen molar-refractivity contribution in [3.8, 4) is 0 Å². The fourth-order valence-electron chi connectivity index (χ4n) is 1.56. The van der Waals surface area contributed by atoms with Gasteiger partial charge in [0.2, 0.25) is 0 Å². The van der Waals surface area contributed by atoms with Gasteiger partial charge in [-0.2, -0.15) is 0 Å². The Bertz CT molecular complexity index is 120. The minimum Gasteiger partial charge on any atom is -0.314 e. The summed E-state index contributed by atoms with van der Waals surface area (Å²) >= 11 is 0. The maximum absolute atomic E-state index is 3.61. The average molecular weight is 199 g/mol. The quantitative estimate of drug-likeness (QED) is 0.586. The van der Waals surface area contributed by atoms with E-state index in [1.165, 1.54) is 32.2 Å². The third kappa shape index (κ3) is 7.37. The molecule has 0 aliphatic carbocycles. The van der Waals surface area contributed by atoms with Gasteiger partial charge in [0.25, 0.3) is 0 Å². The Labute approximate surface area is 90.7 Å². The molecule has 0 saturated heterocycles. The standard InChI is InChI=1S/C13H29N/c1-6-12(4)13(5)14-10-8-7-9-11(2)3/h11-14H,6-10H2,1-5H3. The summed E-state index contributed by atoms with van der Waals surface area (Å²) in [6, 6.07) is 0.680. The maximum atomic E-state index is 3.61. The van der Waals surface area contributed by atoms with E-state index in [-0.39, 0.29) is 0 Å². The van der Waals surface area contributed by atoms with E-state index in [1.807, 2.05) is 0 Å². The van der Waals surface area contributed by atoms with Crippen molar-refractivity contribution in [3.63, 3.8) is 0 Å². The molecule has 2 unspecified atom stereocenters. The molecule has 0 aromatic rings. The number of nitrogens with one attached hydrogen (secondary N) is 1. The average Bonchev–Trinajstić information content (AvgIpc) is 2.15. The molecule has 0 amide bonds. The molecule has 0 radical (unpaired) electrons. The molecule has 0 rings (SSSR count). The van der Waals surface area contributed by atoms with Crippen LogP contribution in [0, 0.1) is 11.8 Å². The summed E-state index contributed by atoms with van der Waals surface area (Å²) in [5.74, 6) is 1.67. The van der Waals surface area contributed by atoms with Crippen LogP contribution in [0.3, 0.4) is 0 Å². The first-order valence-electron chi connectivity index (χ1n) is 6.31. The van der Waals surface area contributed by atoms with Crippen LogP contribution in [-0.2, 0) is 0 Å². The number of rotatable bonds is 8. The summed E-state index contributed by atoms with van der Waals surface area (Å²) < 4.78 is 0. The summed E-state index contributed by atoms with van der Waals surface area (Å²) in [6.45, 7) is 12.7. The van der Waals surface area contributed by atoms with Crippen LogP contribution < -0.4 is 5.32 Å². The molecular formula is C13H29N. The Kier molecular flexibility index (Phi) is 8.26. The van der Waals surface area contributed by atoms with Gasteiger partial charge in [0, 0.05) is 6.04 Å². The molecule has 0 aromatic carbocycles. The van der Waals surface area contributed by atoms with Gasteiger partial charge in [-0.1, -0.05) is 47.0 Å². The van der Waals surface area contributed by atoms with Crippen LogP contribution in [0.5, 0.6) is 0 Å². The van der Waals surface area contributed by atoms with Crippen LogP contribution in [0.15, 0.2) is 0 Å². The highest BCUT2D eigenvalue weighted by Crippen LogP contribution is 2.08. The van der Waals surface area contributed by atoms with Gasteiger partial charge >= 0.3 is 0 Å². The lowest BCUT2D eigenvalue weighted by atomic mass is 10.0. The lowest BCUT2D eigenvalue weighted by Gasteiger charge is -2.19. The van der Waals surface area contributed by atoms with Gasteiger partial charge in [-0.25, -0.2) is 0 Å². The van der Waals surface area contributed by atoms with Crippen LogP contribution in [0.25, 0.3) is 0 Å². The topological polar surface area (TPSA) is 12.0 Å². The highest BCUT2D eigenvalue weighted by molar-refractivity contribution is 4.66. The van der Waals surface area contributed by atoms with E-state index in [2.05, 4.69) is 39.9 Å². The van der Waals surface area contributed by atoms with Crippen molar-refractivity contribution < 1.29 is 0 Å². The van der Waals surface area contributed by atoms with Gasteiger partial charge in [-0.05, 0) is 31.7 Å². The largest absolute Gasteiger partial charge is 0.314 e. The van der Waals surface area contributed by atoms with Gasteiger partial charge in [0.1, 0.15) is 0 Å². The molecule has 1 N–H and O–H groups in total. The minimum absolute atomic E-state index is 0.680. The first-order valence-corrected chi connectivity index (χ1v) is 6.31. The molecule has 0 aliphatic rings. The second-order valence-corrected chi connectivity index (χ2v) is 5.02. The molecule has 0 spiro atoms. The summed E-state index contributed by atoms with van der Waals surface area (Å²) in [7, 11) is 0. The lowest BCUT2D eigenvalue weighted by Crippen LogP contribution is -2.32. The van der Waals surface area contributed by atoms with Crippen LogP contribution in [0.4, 0.5) is 0 Å². The van der Waals surface area contributed by atoms with Gasteiger partial charge in [0.05, 0.1) is 0 Å². The van der Waals surface area contributed by atoms with E-state index in [9.17, 15) is 0 Å². The molecule has 0 fully saturated rings. The highest BCUT2D eigenvalue weighted by atomic mass is 14.9. The van der Waals surface area contributed by atoms with E-state index in [0.717, 1.165) is 11.8 Å². The van der Waals surface area contributed by atoms with Gasteiger partial charge < -0.3 is 5.32 Å². The summed E-state index contributed by atoms with van der Waals surface area (Å²) in [5, 5.41) is 3.61. The fourth-order valence-corrected chi connectivity index (χ4v) is 1.56. The first kappa shape index (κ1) is 14.0. The Morgan fingerprint density at radius 2 is 1.64 bits per heavy atom. The molecule has 86 valence electrons. The molecule has 14 heavy (non-hydrogen) atoms. The molecule has 2 atom stereocenters. The number of hydrogen-bond donors (Lipinski definition) is 1. The zero-order valence-electron chi connectivity index (χ0n) is 10.8. The van der Waals surface area contributed by atoms with Crippen LogP contribution in [-0.4, -0.2) is 12.6 Å². The van der Waals surface area contributed by atoms with Crippen molar-refractivity contribution in [2.24, 2.45) is 11.8 Å². The van der Waals surface area contributed by atoms with Gasteiger partial charge in [-0.3, -0.25) is 0 Å². The molecule has 1 heteroatoms. The Morgan fingerprint density at radius 3 is 2.14 bits per heavy atom. The van der Waals surface area contributed by atoms with Crippen molar-refractivity contribution in [3.05, 3.63) is 0 Å². The number of hydrogen-bond acceptors (Lipinski definition) is 1. The van der Waals surface area contributed by atoms with E-state index < -0.39 is 0 Å². The molecular weight excluding hydrogens is 170 g/mol. The summed E-state index contributed by atoms with van der Waals surface area (Å²) in [4.78, 5) is 0. The fraction of sp³-hybridized carbons (Fsp3) is 1.00. The van der Waals surface area contributed by atoms with Crippen molar-refractivity contribution in [1.29, 1.82) is 0 Å². The van der Waals surface area contributed by atoms with E-state index in [0.29, 0.717) is 6.04 Å². The lowest BCUT2D eigenvalue weighted by molar-refractivity contribution is 0.383. The molecule has 0 heterocycles. The van der Waals surface area contributed by atoms with Gasteiger partial charge in [0.15, 0.2) is 0 Å². The minimum atomic E-state index is 0.680. The molecule has 0 aromatic heterocycles. The smallest absolute Gasteiger partial charge is 0.00642 e. The van der Waals surface area contributed by atoms with E-state index in [4.69, 9.17) is 0 Å². The molecule has 0 aliphatic heterocycles. The Morgan fingerprint density at radius 1 is 1.00 bits per heavy atom. The predicted molar refractivity (Wildman–Crippen MR) is 65.6 cm³/mol. The van der Waals surface area contributed by atoms with E-state index >= 15 is 0 Å². The van der Waals surface area contributed by atoms with Crippen molar-refractivity contribution >= 4 is 0 Å². The Hall–Kier alpha value is -0.0400. The Balaban J connectivity index is 3.27. The monoisotopic (exact) mass is 199 g/mol. The van der Waals surface area contributed by atoms with Crippen molar-refractivity contribution in [2.45, 2.75) is 66.3 Å². The highest BCUT2D eigenvalue weighted by Gasteiger charge is 2.08. The summed E-state index contributed by atoms with van der Waals surface area (Å²) in [6.07, 6.45) is 5.36. The molecule has 0 saturated carbocycles. The van der Waals surface area contributed by atoms with E-state index in [1.54, 1.807) is 0 Å². The third-order valence-electron chi connectivity index (χ3n) is 3.17. The van der Waals surface area contributed by atoms with Crippen LogP contribution in [0.1, 0.15) is 60.3 Å². The predicted octanol–water partition coefficient (Wildman–Crippen LogP) is 3.84. The molecule has 1 nitrogen and oxygen atoms in total. The van der Waals surface area contributed by atoms with Crippen LogP contribution >= 0.6 is 0 Å². The number of unbranched alkanes of at least 4 members (excludes halogenated alkanes) is 1. The van der Waals surface area contributed by atoms with Crippen molar-refractivity contribution in [1.82, 2.24) is 5.32 Å². The van der Waals surface area contributed by atoms with Crippen molar-refractivity contribution in [2.75, 3.05) is 6.54 Å². The zero-order valence-corrected chi connectivity index (χ0v) is 10.8. The zero-order chi connectivity index (χ0) is 11.0. The van der Waals surface area contributed by atoms with Gasteiger partial charge in [-0.15, -0.1) is 0 Å². The first-order chi connectivity index (χ1) is 6.57. The second kappa shape index (κ2) is 8.28. The normalized spacial score (nSPS) is 15.9. The van der Waals surface area contributed by atoms with Crippen LogP contribution in [0.2, 0.25) is 0 Å². The second-order valence-electron chi connectivity index (χ2n) is 5.02. The summed E-state index contributed by atoms with van der Waals surface area (Å²) in [5.41, 5.74) is 0.